The third-order valence-electron chi connectivity index (χ3n) is 1.74. The molecule has 1 aliphatic heterocycles. The van der Waals surface area contributed by atoms with Crippen LogP contribution in [0.3, 0.4) is 0 Å². The maximum Gasteiger partial charge on any atom is 0.307 e. The molecule has 0 amide bonds. The van der Waals surface area contributed by atoms with Crippen molar-refractivity contribution in [2.24, 2.45) is 0 Å². The zero-order valence-corrected chi connectivity index (χ0v) is 7.16. The molecule has 1 heterocycles. The number of carbonyl (C=O) groups excluding carboxylic acids is 1. The molecule has 0 aromatic heterocycles. The highest BCUT2D eigenvalue weighted by atomic mass is 16.5. The molecule has 0 saturated carbocycles. The highest BCUT2D eigenvalue weighted by Crippen LogP contribution is 2.04. The molecule has 0 radical (unpaired) electrons. The van der Waals surface area contributed by atoms with Crippen LogP contribution in [0.4, 0.5) is 0 Å². The first-order valence-corrected chi connectivity index (χ1v) is 4.32. The van der Waals surface area contributed by atoms with Gasteiger partial charge in [-0.25, -0.2) is 0 Å². The molecular weight excluding hydrogens is 170 g/mol. The van der Waals surface area contributed by atoms with Crippen molar-refractivity contribution >= 4 is 5.97 Å². The van der Waals surface area contributed by atoms with E-state index in [1.807, 2.05) is 0 Å². The first-order chi connectivity index (χ1) is 5.83. The second kappa shape index (κ2) is 6.86. The Kier molecular flexibility index (Phi) is 6.54. The molecule has 1 N–H and O–H groups in total. The third-order valence-corrected chi connectivity index (χ3v) is 1.74. The van der Waals surface area contributed by atoms with E-state index in [1.54, 1.807) is 0 Å². The predicted molar refractivity (Wildman–Crippen MR) is 50.4 cm³/mol. The summed E-state index contributed by atoms with van der Waals surface area (Å²) in [5, 5.41) is 8.41. The monoisotopic (exact) mass is 189 g/mol. The smallest absolute Gasteiger partial charge is 0.307 e. The Labute approximate surface area is 79.5 Å². The molecular formula is C9H19NO3. The van der Waals surface area contributed by atoms with Gasteiger partial charge in [-0.05, 0) is 0 Å². The van der Waals surface area contributed by atoms with Crippen LogP contribution in [0.5, 0.6) is 0 Å². The third kappa shape index (κ3) is 6.54. The van der Waals surface area contributed by atoms with Crippen LogP contribution < -0.4 is 0 Å². The molecule has 0 bridgehead atoms. The summed E-state index contributed by atoms with van der Waals surface area (Å²) in [6, 6.07) is 0. The van der Waals surface area contributed by atoms with E-state index in [0.717, 1.165) is 19.6 Å². The Morgan fingerprint density at radius 1 is 1.46 bits per heavy atom. The van der Waals surface area contributed by atoms with Crippen LogP contribution >= 0.6 is 0 Å². The van der Waals surface area contributed by atoms with Crippen LogP contribution in [-0.4, -0.2) is 48.8 Å². The molecule has 4 heteroatoms. The van der Waals surface area contributed by atoms with Gasteiger partial charge in [-0.15, -0.1) is 0 Å². The van der Waals surface area contributed by atoms with Gasteiger partial charge in [0.1, 0.15) is 0 Å². The SMILES string of the molecule is C.O=C(CCN1CC1)OCCCO. The number of aliphatic hydroxyl groups is 1. The Balaban J connectivity index is 0.00000144. The molecule has 1 aliphatic rings. The Hall–Kier alpha value is -0.610. The maximum absolute atomic E-state index is 10.9. The van der Waals surface area contributed by atoms with E-state index in [9.17, 15) is 4.79 Å². The van der Waals surface area contributed by atoms with Crippen molar-refractivity contribution in [3.05, 3.63) is 0 Å². The normalized spacial score (nSPS) is 14.8. The molecule has 1 saturated heterocycles. The lowest BCUT2D eigenvalue weighted by Crippen LogP contribution is -2.12. The first-order valence-electron chi connectivity index (χ1n) is 4.32. The summed E-state index contributed by atoms with van der Waals surface area (Å²) in [7, 11) is 0. The van der Waals surface area contributed by atoms with Crippen LogP contribution in [0.15, 0.2) is 0 Å². The predicted octanol–water partition coefficient (Wildman–Crippen LogP) is 0.254. The molecule has 1 fully saturated rings. The largest absolute Gasteiger partial charge is 0.466 e. The molecule has 78 valence electrons. The summed E-state index contributed by atoms with van der Waals surface area (Å²) in [6.45, 7) is 3.47. The van der Waals surface area contributed by atoms with Crippen molar-refractivity contribution in [1.29, 1.82) is 0 Å². The van der Waals surface area contributed by atoms with Crippen molar-refractivity contribution in [1.82, 2.24) is 4.90 Å². The number of rotatable bonds is 6. The van der Waals surface area contributed by atoms with E-state index < -0.39 is 0 Å². The van der Waals surface area contributed by atoms with E-state index in [-0.39, 0.29) is 20.0 Å². The lowest BCUT2D eigenvalue weighted by molar-refractivity contribution is -0.144. The van der Waals surface area contributed by atoms with E-state index in [1.165, 1.54) is 0 Å². The van der Waals surface area contributed by atoms with E-state index in [4.69, 9.17) is 9.84 Å². The summed E-state index contributed by atoms with van der Waals surface area (Å²) >= 11 is 0. The topological polar surface area (TPSA) is 49.5 Å². The standard InChI is InChI=1S/C8H15NO3.CH4/c10-6-1-7-12-8(11)2-3-9-4-5-9;/h10H,1-7H2;1H4. The number of carbonyl (C=O) groups is 1. The molecule has 4 nitrogen and oxygen atoms in total. The summed E-state index contributed by atoms with van der Waals surface area (Å²) in [5.41, 5.74) is 0. The fraction of sp³-hybridized carbons (Fsp3) is 0.889. The van der Waals surface area contributed by atoms with Gasteiger partial charge in [0.05, 0.1) is 13.0 Å². The van der Waals surface area contributed by atoms with Gasteiger partial charge in [0.25, 0.3) is 0 Å². The van der Waals surface area contributed by atoms with Crippen molar-refractivity contribution < 1.29 is 14.6 Å². The fourth-order valence-electron chi connectivity index (χ4n) is 0.866. The number of aliphatic hydroxyl groups excluding tert-OH is 1. The van der Waals surface area contributed by atoms with Gasteiger partial charge in [-0.2, -0.15) is 0 Å². The zero-order chi connectivity index (χ0) is 8.81. The summed E-state index contributed by atoms with van der Waals surface area (Å²) in [6.07, 6.45) is 1.01. The van der Waals surface area contributed by atoms with Crippen molar-refractivity contribution in [3.63, 3.8) is 0 Å². The Morgan fingerprint density at radius 3 is 2.69 bits per heavy atom. The minimum atomic E-state index is -0.157. The zero-order valence-electron chi connectivity index (χ0n) is 7.16. The van der Waals surface area contributed by atoms with E-state index >= 15 is 0 Å². The highest BCUT2D eigenvalue weighted by Gasteiger charge is 2.17. The fourth-order valence-corrected chi connectivity index (χ4v) is 0.866. The lowest BCUT2D eigenvalue weighted by Gasteiger charge is -2.03. The molecule has 0 aromatic carbocycles. The molecule has 0 aromatic rings. The minimum Gasteiger partial charge on any atom is -0.466 e. The molecule has 0 spiro atoms. The van der Waals surface area contributed by atoms with Gasteiger partial charge in [-0.3, -0.25) is 4.79 Å². The number of hydrogen-bond donors (Lipinski definition) is 1. The van der Waals surface area contributed by atoms with Gasteiger partial charge in [0.15, 0.2) is 0 Å². The second-order valence-electron chi connectivity index (χ2n) is 2.89. The van der Waals surface area contributed by atoms with Crippen LogP contribution in [0, 0.1) is 0 Å². The quantitative estimate of drug-likeness (QED) is 0.370. The number of hydrogen-bond acceptors (Lipinski definition) is 4. The van der Waals surface area contributed by atoms with Gasteiger partial charge >= 0.3 is 5.97 Å². The van der Waals surface area contributed by atoms with Crippen molar-refractivity contribution in [3.8, 4) is 0 Å². The van der Waals surface area contributed by atoms with Gasteiger partial charge < -0.3 is 14.7 Å². The second-order valence-corrected chi connectivity index (χ2v) is 2.89. The van der Waals surface area contributed by atoms with Crippen molar-refractivity contribution in [2.45, 2.75) is 20.3 Å². The van der Waals surface area contributed by atoms with Crippen LogP contribution in [-0.2, 0) is 9.53 Å². The summed E-state index contributed by atoms with van der Waals surface area (Å²) in [5.74, 6) is -0.157. The van der Waals surface area contributed by atoms with Crippen molar-refractivity contribution in [2.75, 3.05) is 32.8 Å². The van der Waals surface area contributed by atoms with Gasteiger partial charge in [0, 0.05) is 32.7 Å². The van der Waals surface area contributed by atoms with E-state index in [0.29, 0.717) is 19.4 Å². The number of ether oxygens (including phenoxy) is 1. The highest BCUT2D eigenvalue weighted by molar-refractivity contribution is 5.69. The average Bonchev–Trinajstić information content (AvgIpc) is 2.84. The molecule has 13 heavy (non-hydrogen) atoms. The summed E-state index contributed by atoms with van der Waals surface area (Å²) in [4.78, 5) is 13.1. The van der Waals surface area contributed by atoms with Gasteiger partial charge in [-0.1, -0.05) is 7.43 Å². The van der Waals surface area contributed by atoms with Crippen LogP contribution in [0.25, 0.3) is 0 Å². The maximum atomic E-state index is 10.9. The van der Waals surface area contributed by atoms with E-state index in [2.05, 4.69) is 4.90 Å². The average molecular weight is 189 g/mol. The molecule has 0 atom stereocenters. The number of esters is 1. The van der Waals surface area contributed by atoms with Crippen LogP contribution in [0.1, 0.15) is 20.3 Å². The Bertz CT molecular complexity index is 146. The minimum absolute atomic E-state index is 0. The molecule has 1 rings (SSSR count). The van der Waals surface area contributed by atoms with Gasteiger partial charge in [0.2, 0.25) is 0 Å². The first kappa shape index (κ1) is 12.4. The number of nitrogens with zero attached hydrogens (tertiary/aromatic N) is 1. The molecule has 0 unspecified atom stereocenters. The Morgan fingerprint density at radius 2 is 2.15 bits per heavy atom. The van der Waals surface area contributed by atoms with Crippen LogP contribution in [0.2, 0.25) is 0 Å². The molecule has 0 aliphatic carbocycles. The summed E-state index contributed by atoms with van der Waals surface area (Å²) < 4.78 is 4.84. The lowest BCUT2D eigenvalue weighted by atomic mass is 10.4.